The number of hydrogen-bond donors (Lipinski definition) is 2. The summed E-state index contributed by atoms with van der Waals surface area (Å²) in [5.41, 5.74) is 1.89. The van der Waals surface area contributed by atoms with E-state index in [-0.39, 0.29) is 6.61 Å². The molecule has 0 saturated carbocycles. The van der Waals surface area contributed by atoms with E-state index in [9.17, 15) is 5.26 Å². The van der Waals surface area contributed by atoms with Crippen LogP contribution < -0.4 is 10.1 Å². The molecular formula is C14H18N2O2. The molecule has 1 aromatic carbocycles. The average Bonchev–Trinajstić information content (AvgIpc) is 2.44. The van der Waals surface area contributed by atoms with Crippen molar-refractivity contribution in [1.29, 1.82) is 5.26 Å². The maximum atomic E-state index is 9.39. The lowest BCUT2D eigenvalue weighted by Crippen LogP contribution is -2.49. The highest BCUT2D eigenvalue weighted by Gasteiger charge is 2.34. The fourth-order valence-corrected chi connectivity index (χ4v) is 2.48. The highest BCUT2D eigenvalue weighted by atomic mass is 16.5. The van der Waals surface area contributed by atoms with Crippen molar-refractivity contribution in [3.8, 4) is 11.8 Å². The molecule has 0 radical (unpaired) electrons. The minimum Gasteiger partial charge on any atom is -0.497 e. The highest BCUT2D eigenvalue weighted by Crippen LogP contribution is 2.30. The molecule has 96 valence electrons. The van der Waals surface area contributed by atoms with Gasteiger partial charge in [0.1, 0.15) is 11.3 Å². The molecule has 0 saturated heterocycles. The van der Waals surface area contributed by atoms with Gasteiger partial charge in [-0.15, -0.1) is 0 Å². The molecule has 1 unspecified atom stereocenters. The first kappa shape index (κ1) is 12.9. The molecule has 2 N–H and O–H groups in total. The molecule has 0 heterocycles. The van der Waals surface area contributed by atoms with Gasteiger partial charge in [-0.05, 0) is 36.1 Å². The number of hydrogen-bond acceptors (Lipinski definition) is 4. The number of aliphatic hydroxyl groups is 1. The van der Waals surface area contributed by atoms with Crippen molar-refractivity contribution in [2.45, 2.75) is 24.8 Å². The predicted molar refractivity (Wildman–Crippen MR) is 68.5 cm³/mol. The Kier molecular flexibility index (Phi) is 3.85. The van der Waals surface area contributed by atoms with Crippen molar-refractivity contribution >= 4 is 0 Å². The second kappa shape index (κ2) is 5.38. The Morgan fingerprint density at radius 1 is 1.50 bits per heavy atom. The number of methoxy groups -OCH3 is 1. The monoisotopic (exact) mass is 246 g/mol. The number of fused-ring (bicyclic) bond motifs is 1. The molecule has 1 aliphatic rings. The number of nitrogens with zero attached hydrogens (tertiary/aromatic N) is 1. The van der Waals surface area contributed by atoms with Gasteiger partial charge >= 0.3 is 0 Å². The topological polar surface area (TPSA) is 65.3 Å². The van der Waals surface area contributed by atoms with Gasteiger partial charge in [0.15, 0.2) is 0 Å². The first-order valence-corrected chi connectivity index (χ1v) is 6.16. The number of aliphatic hydroxyl groups excluding tert-OH is 1. The second-order valence-corrected chi connectivity index (χ2v) is 4.66. The quantitative estimate of drug-likeness (QED) is 0.832. The van der Waals surface area contributed by atoms with Gasteiger partial charge in [-0.1, -0.05) is 6.07 Å². The van der Waals surface area contributed by atoms with Crippen molar-refractivity contribution in [2.24, 2.45) is 0 Å². The van der Waals surface area contributed by atoms with Crippen LogP contribution in [0.25, 0.3) is 0 Å². The minimum atomic E-state index is -0.553. The number of benzene rings is 1. The Bertz CT molecular complexity index is 467. The number of β-amino-alcohol motifs (C(OH)–C–C–N with tert-alkyl or cyclic N) is 1. The lowest BCUT2D eigenvalue weighted by Gasteiger charge is -2.33. The maximum absolute atomic E-state index is 9.39. The van der Waals surface area contributed by atoms with Crippen LogP contribution in [0, 0.1) is 11.3 Å². The molecule has 1 atom stereocenters. The van der Waals surface area contributed by atoms with Crippen LogP contribution in [0.3, 0.4) is 0 Å². The van der Waals surface area contributed by atoms with Crippen molar-refractivity contribution in [3.63, 3.8) is 0 Å². The van der Waals surface area contributed by atoms with Crippen LogP contribution in [-0.4, -0.2) is 30.9 Å². The van der Waals surface area contributed by atoms with Gasteiger partial charge in [-0.25, -0.2) is 0 Å². The summed E-state index contributed by atoms with van der Waals surface area (Å²) < 4.78 is 5.22. The Morgan fingerprint density at radius 3 is 3.00 bits per heavy atom. The summed E-state index contributed by atoms with van der Waals surface area (Å²) in [6.07, 6.45) is 2.32. The van der Waals surface area contributed by atoms with E-state index in [1.165, 1.54) is 5.56 Å². The summed E-state index contributed by atoms with van der Waals surface area (Å²) in [5.74, 6) is 0.824. The highest BCUT2D eigenvalue weighted by molar-refractivity contribution is 5.40. The number of nitriles is 1. The molecule has 0 bridgehead atoms. The van der Waals surface area contributed by atoms with Crippen LogP contribution in [0.4, 0.5) is 0 Å². The van der Waals surface area contributed by atoms with Crippen LogP contribution in [0.15, 0.2) is 18.2 Å². The lowest BCUT2D eigenvalue weighted by molar-refractivity contribution is 0.263. The third-order valence-corrected chi connectivity index (χ3v) is 3.52. The smallest absolute Gasteiger partial charge is 0.119 e. The Morgan fingerprint density at radius 2 is 2.33 bits per heavy atom. The number of ether oxygens (including phenoxy) is 1. The van der Waals surface area contributed by atoms with Crippen LogP contribution in [0.2, 0.25) is 0 Å². The Labute approximate surface area is 107 Å². The molecule has 0 fully saturated rings. The zero-order valence-corrected chi connectivity index (χ0v) is 10.6. The standard InChI is InChI=1S/C14H18N2O2/c1-18-13-3-2-11-4-5-14(10-15,16-6-7-17)9-12(11)8-13/h2-3,8,16-17H,4-7,9H2,1H3. The van der Waals surface area contributed by atoms with Crippen LogP contribution in [-0.2, 0) is 12.8 Å². The lowest BCUT2D eigenvalue weighted by atomic mass is 9.78. The largest absolute Gasteiger partial charge is 0.497 e. The number of nitrogens with one attached hydrogen (secondary N) is 1. The SMILES string of the molecule is COc1ccc2c(c1)CC(C#N)(NCCO)CC2. The van der Waals surface area contributed by atoms with Gasteiger partial charge in [0.2, 0.25) is 0 Å². The van der Waals surface area contributed by atoms with Gasteiger partial charge in [0.05, 0.1) is 19.8 Å². The zero-order chi connectivity index (χ0) is 13.0. The molecule has 4 nitrogen and oxygen atoms in total. The van der Waals surface area contributed by atoms with E-state index in [1.807, 2.05) is 12.1 Å². The molecule has 4 heteroatoms. The minimum absolute atomic E-state index is 0.0500. The molecular weight excluding hydrogens is 228 g/mol. The van der Waals surface area contributed by atoms with Crippen LogP contribution in [0.5, 0.6) is 5.75 Å². The van der Waals surface area contributed by atoms with E-state index >= 15 is 0 Å². The van der Waals surface area contributed by atoms with Crippen LogP contribution in [0.1, 0.15) is 17.5 Å². The molecule has 2 rings (SSSR count). The van der Waals surface area contributed by atoms with E-state index < -0.39 is 5.54 Å². The van der Waals surface area contributed by atoms with Crippen molar-refractivity contribution < 1.29 is 9.84 Å². The summed E-state index contributed by atoms with van der Waals surface area (Å²) in [5, 5.41) is 21.4. The van der Waals surface area contributed by atoms with Gasteiger partial charge in [0, 0.05) is 13.0 Å². The van der Waals surface area contributed by atoms with E-state index in [2.05, 4.69) is 17.5 Å². The third-order valence-electron chi connectivity index (χ3n) is 3.52. The fourth-order valence-electron chi connectivity index (χ4n) is 2.48. The summed E-state index contributed by atoms with van der Waals surface area (Å²) in [6.45, 7) is 0.501. The van der Waals surface area contributed by atoms with Gasteiger partial charge in [-0.2, -0.15) is 5.26 Å². The van der Waals surface area contributed by atoms with Gasteiger partial charge in [-0.3, -0.25) is 5.32 Å². The Hall–Kier alpha value is -1.57. The summed E-state index contributed by atoms with van der Waals surface area (Å²) in [7, 11) is 1.64. The number of rotatable bonds is 4. The van der Waals surface area contributed by atoms with Crippen molar-refractivity contribution in [2.75, 3.05) is 20.3 Å². The summed E-state index contributed by atoms with van der Waals surface area (Å²) in [6, 6.07) is 8.40. The molecule has 18 heavy (non-hydrogen) atoms. The van der Waals surface area contributed by atoms with Crippen molar-refractivity contribution in [1.82, 2.24) is 5.32 Å². The zero-order valence-electron chi connectivity index (χ0n) is 10.6. The van der Waals surface area contributed by atoms with E-state index in [1.54, 1.807) is 7.11 Å². The first-order chi connectivity index (χ1) is 8.73. The van der Waals surface area contributed by atoms with Crippen molar-refractivity contribution in [3.05, 3.63) is 29.3 Å². The van der Waals surface area contributed by atoms with Gasteiger partial charge in [0.25, 0.3) is 0 Å². The maximum Gasteiger partial charge on any atom is 0.119 e. The number of aryl methyl sites for hydroxylation is 1. The molecule has 0 spiro atoms. The van der Waals surface area contributed by atoms with Gasteiger partial charge < -0.3 is 9.84 Å². The molecule has 1 aliphatic carbocycles. The second-order valence-electron chi connectivity index (χ2n) is 4.66. The predicted octanol–water partition coefficient (Wildman–Crippen LogP) is 1.03. The van der Waals surface area contributed by atoms with E-state index in [0.29, 0.717) is 13.0 Å². The van der Waals surface area contributed by atoms with E-state index in [0.717, 1.165) is 24.2 Å². The Balaban J connectivity index is 2.23. The van der Waals surface area contributed by atoms with E-state index in [4.69, 9.17) is 9.84 Å². The normalized spacial score (nSPS) is 22.1. The summed E-state index contributed by atoms with van der Waals surface area (Å²) in [4.78, 5) is 0. The first-order valence-electron chi connectivity index (χ1n) is 6.16. The molecule has 1 aromatic rings. The third kappa shape index (κ3) is 2.47. The summed E-state index contributed by atoms with van der Waals surface area (Å²) >= 11 is 0. The van der Waals surface area contributed by atoms with Crippen LogP contribution >= 0.6 is 0 Å². The molecule has 0 aliphatic heterocycles. The average molecular weight is 246 g/mol. The molecule has 0 amide bonds. The fraction of sp³-hybridized carbons (Fsp3) is 0.500. The molecule has 0 aromatic heterocycles.